The van der Waals surface area contributed by atoms with E-state index >= 15 is 0 Å². The quantitative estimate of drug-likeness (QED) is 0.412. The number of carboxylic acids is 1. The molecule has 1 aliphatic heterocycles. The van der Waals surface area contributed by atoms with Crippen LogP contribution in [-0.2, 0) is 31.1 Å². The van der Waals surface area contributed by atoms with Crippen molar-refractivity contribution >= 4 is 16.1 Å². The fourth-order valence-corrected chi connectivity index (χ4v) is 5.88. The van der Waals surface area contributed by atoms with Crippen molar-refractivity contribution in [2.24, 2.45) is 5.92 Å². The molecule has 0 radical (unpaired) electrons. The summed E-state index contributed by atoms with van der Waals surface area (Å²) in [6, 6.07) is 14.4. The molecular formula is C24H29NO7S. The van der Waals surface area contributed by atoms with Gasteiger partial charge in [-0.05, 0) is 56.3 Å². The molecule has 2 fully saturated rings. The monoisotopic (exact) mass is 475 g/mol. The zero-order valence-electron chi connectivity index (χ0n) is 18.4. The van der Waals surface area contributed by atoms with Gasteiger partial charge < -0.3 is 10.4 Å². The standard InChI is InChI=1S/C24H29NO7S/c1-16-7-8-22(33(28,29)30)18(13-16)20-15-31-32-24(20)11-9-21(19(14-24)23(26)27)25-12-10-17-5-3-2-4-6-17/h2-8,13,19-21,25H,9-12,14-15H2,1H3,(H,26,27)(H,28,29,30)/t19?,20?,21?,24-/m1/s1. The van der Waals surface area contributed by atoms with Crippen molar-refractivity contribution in [2.45, 2.75) is 55.1 Å². The molecule has 1 heterocycles. The zero-order valence-corrected chi connectivity index (χ0v) is 19.3. The summed E-state index contributed by atoms with van der Waals surface area (Å²) in [5.74, 6) is -2.17. The van der Waals surface area contributed by atoms with Crippen LogP contribution in [0.5, 0.6) is 0 Å². The van der Waals surface area contributed by atoms with Gasteiger partial charge in [0, 0.05) is 12.0 Å². The van der Waals surface area contributed by atoms with Crippen LogP contribution < -0.4 is 5.32 Å². The maximum absolute atomic E-state index is 12.2. The Labute approximate surface area is 193 Å². The molecule has 2 aromatic carbocycles. The van der Waals surface area contributed by atoms with Gasteiger partial charge in [-0.25, -0.2) is 9.78 Å². The summed E-state index contributed by atoms with van der Waals surface area (Å²) in [4.78, 5) is 23.0. The second-order valence-electron chi connectivity index (χ2n) is 8.99. The molecule has 2 aliphatic rings. The Morgan fingerprint density at radius 2 is 1.97 bits per heavy atom. The number of benzene rings is 2. The number of rotatable bonds is 7. The number of carboxylic acid groups (broad SMARTS) is 1. The molecule has 0 amide bonds. The summed E-state index contributed by atoms with van der Waals surface area (Å²) in [5, 5.41) is 13.4. The third-order valence-corrected chi connectivity index (χ3v) is 7.75. The average Bonchev–Trinajstić information content (AvgIpc) is 3.17. The van der Waals surface area contributed by atoms with Crippen LogP contribution in [0.2, 0.25) is 0 Å². The van der Waals surface area contributed by atoms with E-state index in [2.05, 4.69) is 5.32 Å². The number of aryl methyl sites for hydroxylation is 1. The maximum atomic E-state index is 12.2. The molecule has 33 heavy (non-hydrogen) atoms. The average molecular weight is 476 g/mol. The van der Waals surface area contributed by atoms with Crippen LogP contribution in [0.15, 0.2) is 53.4 Å². The van der Waals surface area contributed by atoms with Crippen molar-refractivity contribution in [2.75, 3.05) is 13.2 Å². The second-order valence-corrected chi connectivity index (χ2v) is 10.4. The minimum Gasteiger partial charge on any atom is -0.481 e. The first-order valence-corrected chi connectivity index (χ1v) is 12.5. The Morgan fingerprint density at radius 3 is 2.67 bits per heavy atom. The Bertz CT molecular complexity index is 1110. The van der Waals surface area contributed by atoms with Crippen LogP contribution in [0.3, 0.4) is 0 Å². The maximum Gasteiger partial charge on any atom is 0.308 e. The summed E-state index contributed by atoms with van der Waals surface area (Å²) >= 11 is 0. The molecule has 0 bridgehead atoms. The first kappa shape index (κ1) is 23.8. The third-order valence-electron chi connectivity index (χ3n) is 6.82. The van der Waals surface area contributed by atoms with E-state index in [1.54, 1.807) is 12.1 Å². The van der Waals surface area contributed by atoms with Gasteiger partial charge in [0.1, 0.15) is 5.60 Å². The fraction of sp³-hybridized carbons (Fsp3) is 0.458. The molecule has 9 heteroatoms. The molecule has 4 atom stereocenters. The summed E-state index contributed by atoms with van der Waals surface area (Å²) < 4.78 is 33.8. The van der Waals surface area contributed by atoms with Gasteiger partial charge in [0.15, 0.2) is 0 Å². The van der Waals surface area contributed by atoms with E-state index in [0.717, 1.165) is 12.0 Å². The van der Waals surface area contributed by atoms with Gasteiger partial charge in [0.25, 0.3) is 10.1 Å². The van der Waals surface area contributed by atoms with Crippen LogP contribution in [0.1, 0.15) is 41.9 Å². The SMILES string of the molecule is Cc1ccc(S(=O)(=O)O)c(C2COO[C@@]23CCC(NCCc2ccccc2)C(C(=O)O)C3)c1. The van der Waals surface area contributed by atoms with Crippen LogP contribution in [0.25, 0.3) is 0 Å². The van der Waals surface area contributed by atoms with Gasteiger partial charge in [-0.15, -0.1) is 0 Å². The zero-order chi connectivity index (χ0) is 23.6. The predicted octanol–water partition coefficient (Wildman–Crippen LogP) is 3.11. The molecule has 1 aliphatic carbocycles. The highest BCUT2D eigenvalue weighted by molar-refractivity contribution is 7.85. The van der Waals surface area contributed by atoms with Gasteiger partial charge in [0.2, 0.25) is 0 Å². The molecule has 1 saturated carbocycles. The molecule has 8 nitrogen and oxygen atoms in total. The normalized spacial score (nSPS) is 27.6. The number of aliphatic carboxylic acids is 1. The summed E-state index contributed by atoms with van der Waals surface area (Å²) in [6.07, 6.45) is 2.01. The van der Waals surface area contributed by atoms with E-state index in [4.69, 9.17) is 9.78 Å². The molecule has 3 N–H and O–H groups in total. The summed E-state index contributed by atoms with van der Waals surface area (Å²) in [7, 11) is -4.46. The molecule has 178 valence electrons. The lowest BCUT2D eigenvalue weighted by Crippen LogP contribution is -2.52. The van der Waals surface area contributed by atoms with Crippen molar-refractivity contribution in [1.82, 2.24) is 5.32 Å². The van der Waals surface area contributed by atoms with Crippen LogP contribution in [0, 0.1) is 12.8 Å². The van der Waals surface area contributed by atoms with E-state index < -0.39 is 33.5 Å². The second kappa shape index (κ2) is 9.52. The van der Waals surface area contributed by atoms with Gasteiger partial charge in [-0.3, -0.25) is 9.35 Å². The highest BCUT2D eigenvalue weighted by Crippen LogP contribution is 2.50. The minimum absolute atomic E-state index is 0.0877. The van der Waals surface area contributed by atoms with Crippen LogP contribution in [-0.4, -0.2) is 48.8 Å². The first-order chi connectivity index (χ1) is 15.7. The molecule has 3 unspecified atom stereocenters. The van der Waals surface area contributed by atoms with E-state index in [1.807, 2.05) is 37.3 Å². The smallest absolute Gasteiger partial charge is 0.308 e. The Hall–Kier alpha value is -2.30. The fourth-order valence-electron chi connectivity index (χ4n) is 5.14. The van der Waals surface area contributed by atoms with Crippen molar-refractivity contribution in [3.63, 3.8) is 0 Å². The van der Waals surface area contributed by atoms with Crippen molar-refractivity contribution in [1.29, 1.82) is 0 Å². The highest BCUT2D eigenvalue weighted by Gasteiger charge is 2.54. The molecule has 0 aromatic heterocycles. The highest BCUT2D eigenvalue weighted by atomic mass is 32.2. The molecule has 2 aromatic rings. The number of hydrogen-bond acceptors (Lipinski definition) is 6. The lowest BCUT2D eigenvalue weighted by atomic mass is 9.68. The largest absolute Gasteiger partial charge is 0.481 e. The third kappa shape index (κ3) is 5.12. The van der Waals surface area contributed by atoms with E-state index in [1.165, 1.54) is 11.6 Å². The Morgan fingerprint density at radius 1 is 1.21 bits per heavy atom. The van der Waals surface area contributed by atoms with E-state index in [9.17, 15) is 22.9 Å². The molecule has 1 saturated heterocycles. The van der Waals surface area contributed by atoms with Gasteiger partial charge in [-0.1, -0.05) is 48.0 Å². The van der Waals surface area contributed by atoms with Gasteiger partial charge in [-0.2, -0.15) is 8.42 Å². The topological polar surface area (TPSA) is 122 Å². The number of carbonyl (C=O) groups is 1. The number of nitrogens with one attached hydrogen (secondary N) is 1. The molecule has 4 rings (SSSR count). The van der Waals surface area contributed by atoms with Gasteiger partial charge in [0.05, 0.1) is 17.4 Å². The van der Waals surface area contributed by atoms with Crippen LogP contribution in [0.4, 0.5) is 0 Å². The lowest BCUT2D eigenvalue weighted by Gasteiger charge is -2.42. The van der Waals surface area contributed by atoms with Crippen molar-refractivity contribution < 1.29 is 32.6 Å². The van der Waals surface area contributed by atoms with Crippen LogP contribution >= 0.6 is 0 Å². The number of hydrogen-bond donors (Lipinski definition) is 3. The molecular weight excluding hydrogens is 446 g/mol. The van der Waals surface area contributed by atoms with Gasteiger partial charge >= 0.3 is 5.97 Å². The first-order valence-electron chi connectivity index (χ1n) is 11.1. The lowest BCUT2D eigenvalue weighted by molar-refractivity contribution is -0.318. The van der Waals surface area contributed by atoms with Crippen molar-refractivity contribution in [3.8, 4) is 0 Å². The predicted molar refractivity (Wildman–Crippen MR) is 120 cm³/mol. The van der Waals surface area contributed by atoms with E-state index in [0.29, 0.717) is 24.9 Å². The Kier molecular flexibility index (Phi) is 6.88. The van der Waals surface area contributed by atoms with E-state index in [-0.39, 0.29) is 24.0 Å². The Balaban J connectivity index is 1.55. The van der Waals surface area contributed by atoms with Crippen molar-refractivity contribution in [3.05, 3.63) is 65.2 Å². The summed E-state index contributed by atoms with van der Waals surface area (Å²) in [6.45, 7) is 2.57. The molecule has 1 spiro atoms. The minimum atomic E-state index is -4.46. The summed E-state index contributed by atoms with van der Waals surface area (Å²) in [5.41, 5.74) is 1.42.